The first-order chi connectivity index (χ1) is 12.3. The largest absolute Gasteiger partial charge is 0.367 e. The van der Waals surface area contributed by atoms with E-state index in [4.69, 9.17) is 16.7 Å². The maximum atomic E-state index is 11.8. The summed E-state index contributed by atoms with van der Waals surface area (Å²) in [6.45, 7) is 2.12. The van der Waals surface area contributed by atoms with Gasteiger partial charge in [-0.3, -0.25) is 10.1 Å². The SMILES string of the molecule is NS(=O)(=O)c1ccccc1N1CCN(c2ncc([N+](=O)[O-])cc2Cl)CC1. The van der Waals surface area contributed by atoms with Crippen molar-refractivity contribution in [1.82, 2.24) is 4.98 Å². The number of para-hydroxylation sites is 1. The quantitative estimate of drug-likeness (QED) is 0.614. The molecular weight excluding hydrogens is 382 g/mol. The molecule has 1 fully saturated rings. The smallest absolute Gasteiger partial charge is 0.289 e. The first-order valence-electron chi connectivity index (χ1n) is 7.69. The molecule has 0 spiro atoms. The van der Waals surface area contributed by atoms with Gasteiger partial charge in [0.05, 0.1) is 15.6 Å². The summed E-state index contributed by atoms with van der Waals surface area (Å²) in [6.07, 6.45) is 1.17. The summed E-state index contributed by atoms with van der Waals surface area (Å²) in [6, 6.07) is 7.84. The minimum absolute atomic E-state index is 0.0833. The molecular formula is C15H16ClN5O4S. The van der Waals surface area contributed by atoms with Crippen LogP contribution in [0.3, 0.4) is 0 Å². The number of nitro groups is 1. The Labute approximate surface area is 155 Å². The van der Waals surface area contributed by atoms with Gasteiger partial charge in [0.15, 0.2) is 0 Å². The van der Waals surface area contributed by atoms with Crippen molar-refractivity contribution < 1.29 is 13.3 Å². The van der Waals surface area contributed by atoms with Gasteiger partial charge < -0.3 is 9.80 Å². The first-order valence-corrected chi connectivity index (χ1v) is 9.61. The van der Waals surface area contributed by atoms with Crippen LogP contribution in [-0.4, -0.2) is 44.5 Å². The Morgan fingerprint density at radius 1 is 1.15 bits per heavy atom. The van der Waals surface area contributed by atoms with Crippen molar-refractivity contribution in [2.45, 2.75) is 4.90 Å². The van der Waals surface area contributed by atoms with E-state index in [9.17, 15) is 18.5 Å². The van der Waals surface area contributed by atoms with Crippen LogP contribution in [-0.2, 0) is 10.0 Å². The fraction of sp³-hybridized carbons (Fsp3) is 0.267. The van der Waals surface area contributed by atoms with Gasteiger partial charge in [-0.25, -0.2) is 18.5 Å². The van der Waals surface area contributed by atoms with Crippen molar-refractivity contribution in [2.75, 3.05) is 36.0 Å². The van der Waals surface area contributed by atoms with Crippen LogP contribution in [0.4, 0.5) is 17.2 Å². The molecule has 0 amide bonds. The number of piperazine rings is 1. The molecule has 9 nitrogen and oxygen atoms in total. The molecule has 0 aliphatic carbocycles. The number of primary sulfonamides is 1. The molecule has 0 bridgehead atoms. The Hall–Kier alpha value is -2.43. The average Bonchev–Trinajstić information content (AvgIpc) is 2.61. The number of benzene rings is 1. The van der Waals surface area contributed by atoms with E-state index in [0.29, 0.717) is 37.7 Å². The third-order valence-electron chi connectivity index (χ3n) is 4.11. The summed E-state index contributed by atoms with van der Waals surface area (Å²) in [4.78, 5) is 18.2. The van der Waals surface area contributed by atoms with E-state index >= 15 is 0 Å². The lowest BCUT2D eigenvalue weighted by atomic mass is 10.2. The fourth-order valence-corrected chi connectivity index (χ4v) is 3.91. The van der Waals surface area contributed by atoms with Crippen LogP contribution >= 0.6 is 11.6 Å². The van der Waals surface area contributed by atoms with E-state index in [1.807, 2.05) is 9.80 Å². The molecule has 1 aliphatic rings. The van der Waals surface area contributed by atoms with Gasteiger partial charge >= 0.3 is 0 Å². The van der Waals surface area contributed by atoms with E-state index in [-0.39, 0.29) is 15.6 Å². The van der Waals surface area contributed by atoms with Gasteiger partial charge in [-0.1, -0.05) is 23.7 Å². The van der Waals surface area contributed by atoms with Gasteiger partial charge in [0.25, 0.3) is 5.69 Å². The summed E-state index contributed by atoms with van der Waals surface area (Å²) >= 11 is 6.13. The number of pyridine rings is 1. The Morgan fingerprint density at radius 3 is 2.35 bits per heavy atom. The second-order valence-electron chi connectivity index (χ2n) is 5.74. The Kier molecular flexibility index (Phi) is 4.99. The summed E-state index contributed by atoms with van der Waals surface area (Å²) < 4.78 is 23.5. The van der Waals surface area contributed by atoms with E-state index in [1.54, 1.807) is 18.2 Å². The number of halogens is 1. The molecule has 138 valence electrons. The molecule has 1 aromatic heterocycles. The number of anilines is 2. The molecule has 1 saturated heterocycles. The minimum Gasteiger partial charge on any atom is -0.367 e. The fourth-order valence-electron chi connectivity index (χ4n) is 2.87. The van der Waals surface area contributed by atoms with Crippen LogP contribution in [0.1, 0.15) is 0 Å². The lowest BCUT2D eigenvalue weighted by Gasteiger charge is -2.37. The van der Waals surface area contributed by atoms with E-state index in [0.717, 1.165) is 0 Å². The molecule has 0 atom stereocenters. The summed E-state index contributed by atoms with van der Waals surface area (Å²) in [7, 11) is -3.82. The molecule has 2 N–H and O–H groups in total. The third-order valence-corrected chi connectivity index (χ3v) is 5.35. The molecule has 11 heteroatoms. The minimum atomic E-state index is -3.82. The number of rotatable bonds is 4. The zero-order chi connectivity index (χ0) is 18.9. The summed E-state index contributed by atoms with van der Waals surface area (Å²) in [5.41, 5.74) is 0.386. The van der Waals surface area contributed by atoms with Gasteiger partial charge in [0.2, 0.25) is 10.0 Å². The third kappa shape index (κ3) is 3.71. The van der Waals surface area contributed by atoms with Crippen molar-refractivity contribution in [3.05, 3.63) is 51.7 Å². The Bertz CT molecular complexity index is 945. The van der Waals surface area contributed by atoms with Crippen molar-refractivity contribution in [2.24, 2.45) is 5.14 Å². The van der Waals surface area contributed by atoms with Crippen LogP contribution in [0, 0.1) is 10.1 Å². The molecule has 1 aliphatic heterocycles. The van der Waals surface area contributed by atoms with Gasteiger partial charge in [-0.05, 0) is 12.1 Å². The molecule has 2 aromatic rings. The number of hydrogen-bond donors (Lipinski definition) is 1. The van der Waals surface area contributed by atoms with Crippen molar-refractivity contribution in [3.8, 4) is 0 Å². The number of nitrogens with zero attached hydrogens (tertiary/aromatic N) is 4. The molecule has 2 heterocycles. The maximum absolute atomic E-state index is 11.8. The summed E-state index contributed by atoms with van der Waals surface area (Å²) in [5.74, 6) is 0.469. The molecule has 3 rings (SSSR count). The number of hydrogen-bond acceptors (Lipinski definition) is 7. The Morgan fingerprint density at radius 2 is 1.77 bits per heavy atom. The normalized spacial score (nSPS) is 15.2. The van der Waals surface area contributed by atoms with E-state index in [1.165, 1.54) is 18.3 Å². The Balaban J connectivity index is 1.78. The zero-order valence-corrected chi connectivity index (χ0v) is 15.2. The molecule has 1 aromatic carbocycles. The lowest BCUT2D eigenvalue weighted by Crippen LogP contribution is -2.47. The highest BCUT2D eigenvalue weighted by molar-refractivity contribution is 7.89. The molecule has 0 unspecified atom stereocenters. The van der Waals surface area contributed by atoms with Crippen LogP contribution in [0.15, 0.2) is 41.4 Å². The van der Waals surface area contributed by atoms with Crippen molar-refractivity contribution >= 4 is 38.8 Å². The number of sulfonamides is 1. The molecule has 26 heavy (non-hydrogen) atoms. The van der Waals surface area contributed by atoms with Crippen molar-refractivity contribution in [3.63, 3.8) is 0 Å². The standard InChI is InChI=1S/C15H16ClN5O4S/c16-12-9-11(21(22)23)10-18-15(12)20-7-5-19(6-8-20)13-3-1-2-4-14(13)26(17,24)25/h1-4,9-10H,5-8H2,(H2,17,24,25). The highest BCUT2D eigenvalue weighted by Gasteiger charge is 2.24. The number of aromatic nitrogens is 1. The van der Waals surface area contributed by atoms with Gasteiger partial charge in [0.1, 0.15) is 16.9 Å². The van der Waals surface area contributed by atoms with Crippen LogP contribution in [0.25, 0.3) is 0 Å². The second kappa shape index (κ2) is 7.06. The highest BCUT2D eigenvalue weighted by atomic mass is 35.5. The zero-order valence-electron chi connectivity index (χ0n) is 13.6. The topological polar surface area (TPSA) is 123 Å². The molecule has 0 saturated carbocycles. The van der Waals surface area contributed by atoms with E-state index < -0.39 is 14.9 Å². The predicted octanol–water partition coefficient (Wildman–Crippen LogP) is 1.62. The van der Waals surface area contributed by atoms with Gasteiger partial charge in [0, 0.05) is 32.2 Å². The summed E-state index contributed by atoms with van der Waals surface area (Å²) in [5, 5.41) is 16.3. The van der Waals surface area contributed by atoms with Crippen LogP contribution < -0.4 is 14.9 Å². The van der Waals surface area contributed by atoms with Crippen LogP contribution in [0.2, 0.25) is 5.02 Å². The van der Waals surface area contributed by atoms with Gasteiger partial charge in [-0.15, -0.1) is 0 Å². The predicted molar refractivity (Wildman–Crippen MR) is 98.1 cm³/mol. The highest BCUT2D eigenvalue weighted by Crippen LogP contribution is 2.30. The average molecular weight is 398 g/mol. The number of nitrogens with two attached hydrogens (primary N) is 1. The monoisotopic (exact) mass is 397 g/mol. The van der Waals surface area contributed by atoms with E-state index in [2.05, 4.69) is 4.98 Å². The first kappa shape index (κ1) is 18.4. The molecule has 0 radical (unpaired) electrons. The van der Waals surface area contributed by atoms with Crippen LogP contribution in [0.5, 0.6) is 0 Å². The lowest BCUT2D eigenvalue weighted by molar-refractivity contribution is -0.385. The maximum Gasteiger partial charge on any atom is 0.289 e. The van der Waals surface area contributed by atoms with Crippen molar-refractivity contribution in [1.29, 1.82) is 0 Å². The second-order valence-corrected chi connectivity index (χ2v) is 7.68. The van der Waals surface area contributed by atoms with Gasteiger partial charge in [-0.2, -0.15) is 0 Å².